The predicted molar refractivity (Wildman–Crippen MR) is 92.3 cm³/mol. The predicted octanol–water partition coefficient (Wildman–Crippen LogP) is 4.12. The molecule has 1 atom stereocenters. The van der Waals surface area contributed by atoms with Gasteiger partial charge >= 0.3 is 0 Å². The first-order chi connectivity index (χ1) is 11.4. The van der Waals surface area contributed by atoms with E-state index in [9.17, 15) is 14.9 Å². The Morgan fingerprint density at radius 3 is 2.12 bits per heavy atom. The number of amides is 1. The summed E-state index contributed by atoms with van der Waals surface area (Å²) in [5, 5.41) is 13.4. The van der Waals surface area contributed by atoms with Crippen LogP contribution in [0.4, 0.5) is 11.4 Å². The van der Waals surface area contributed by atoms with Crippen LogP contribution < -0.4 is 10.1 Å². The Labute approximate surface area is 140 Å². The lowest BCUT2D eigenvalue weighted by atomic mass is 10.0. The number of hydrogen-bond acceptors (Lipinski definition) is 4. The summed E-state index contributed by atoms with van der Waals surface area (Å²) in [4.78, 5) is 22.3. The summed E-state index contributed by atoms with van der Waals surface area (Å²) in [5.74, 6) is 0.545. The summed E-state index contributed by atoms with van der Waals surface area (Å²) in [6.45, 7) is 5.83. The summed E-state index contributed by atoms with van der Waals surface area (Å²) in [5.41, 5.74) is 1.87. The van der Waals surface area contributed by atoms with E-state index in [0.717, 1.165) is 0 Å². The summed E-state index contributed by atoms with van der Waals surface area (Å²) in [6, 6.07) is 13.3. The van der Waals surface area contributed by atoms with Gasteiger partial charge in [0.1, 0.15) is 5.75 Å². The lowest BCUT2D eigenvalue weighted by Gasteiger charge is -2.15. The van der Waals surface area contributed by atoms with E-state index in [-0.39, 0.29) is 11.6 Å². The molecule has 2 rings (SSSR count). The van der Waals surface area contributed by atoms with Gasteiger partial charge in [-0.1, -0.05) is 26.0 Å². The highest BCUT2D eigenvalue weighted by molar-refractivity contribution is 5.94. The third-order valence-corrected chi connectivity index (χ3v) is 3.57. The van der Waals surface area contributed by atoms with Crippen LogP contribution in [0.2, 0.25) is 0 Å². The minimum Gasteiger partial charge on any atom is -0.481 e. The highest BCUT2D eigenvalue weighted by atomic mass is 16.6. The first-order valence-electron chi connectivity index (χ1n) is 7.68. The number of anilines is 1. The number of non-ortho nitro benzene ring substituents is 1. The van der Waals surface area contributed by atoms with Gasteiger partial charge in [-0.05, 0) is 42.7 Å². The second-order valence-electron chi connectivity index (χ2n) is 5.78. The van der Waals surface area contributed by atoms with Gasteiger partial charge in [0.15, 0.2) is 6.10 Å². The highest BCUT2D eigenvalue weighted by Crippen LogP contribution is 2.20. The maximum atomic E-state index is 12.2. The van der Waals surface area contributed by atoms with Crippen molar-refractivity contribution in [2.24, 2.45) is 0 Å². The molecule has 0 aliphatic heterocycles. The van der Waals surface area contributed by atoms with E-state index < -0.39 is 11.0 Å². The lowest BCUT2D eigenvalue weighted by Crippen LogP contribution is -2.30. The van der Waals surface area contributed by atoms with E-state index in [1.165, 1.54) is 29.8 Å². The number of nitro groups is 1. The van der Waals surface area contributed by atoms with Crippen LogP contribution in [0, 0.1) is 10.1 Å². The summed E-state index contributed by atoms with van der Waals surface area (Å²) >= 11 is 0. The molecule has 6 heteroatoms. The number of hydrogen-bond donors (Lipinski definition) is 1. The molecule has 2 aromatic rings. The van der Waals surface area contributed by atoms with Gasteiger partial charge in [0, 0.05) is 17.8 Å². The topological polar surface area (TPSA) is 81.5 Å². The van der Waals surface area contributed by atoms with Gasteiger partial charge in [0.25, 0.3) is 11.6 Å². The van der Waals surface area contributed by atoms with Gasteiger partial charge in [-0.15, -0.1) is 0 Å². The van der Waals surface area contributed by atoms with Crippen LogP contribution in [-0.4, -0.2) is 16.9 Å². The third kappa shape index (κ3) is 4.55. The average Bonchev–Trinajstić information content (AvgIpc) is 2.55. The Balaban J connectivity index is 1.95. The first-order valence-corrected chi connectivity index (χ1v) is 7.68. The second-order valence-corrected chi connectivity index (χ2v) is 5.78. The fourth-order valence-electron chi connectivity index (χ4n) is 2.10. The molecule has 0 saturated heterocycles. The number of nitro benzene ring substituents is 1. The van der Waals surface area contributed by atoms with Crippen molar-refractivity contribution >= 4 is 17.3 Å². The van der Waals surface area contributed by atoms with E-state index in [1.807, 2.05) is 24.3 Å². The minimum atomic E-state index is -0.726. The zero-order valence-electron chi connectivity index (χ0n) is 13.9. The van der Waals surface area contributed by atoms with E-state index >= 15 is 0 Å². The van der Waals surface area contributed by atoms with Crippen molar-refractivity contribution < 1.29 is 14.5 Å². The molecule has 0 aliphatic rings. The molecule has 0 unspecified atom stereocenters. The standard InChI is InChI=1S/C18H20N2O4/c1-12(2)14-4-6-15(7-5-14)19-18(21)13(3)24-17-10-8-16(9-11-17)20(22)23/h4-13H,1-3H3,(H,19,21)/t13-/m0/s1. The van der Waals surface area contributed by atoms with Crippen LogP contribution in [-0.2, 0) is 4.79 Å². The molecule has 0 spiro atoms. The van der Waals surface area contributed by atoms with E-state index in [0.29, 0.717) is 17.4 Å². The van der Waals surface area contributed by atoms with Gasteiger partial charge in [-0.3, -0.25) is 14.9 Å². The molecular weight excluding hydrogens is 308 g/mol. The summed E-state index contributed by atoms with van der Waals surface area (Å²) < 4.78 is 5.51. The Hall–Kier alpha value is -2.89. The smallest absolute Gasteiger partial charge is 0.269 e. The number of rotatable bonds is 6. The van der Waals surface area contributed by atoms with Crippen LogP contribution in [0.5, 0.6) is 5.75 Å². The van der Waals surface area contributed by atoms with Gasteiger partial charge in [-0.2, -0.15) is 0 Å². The molecule has 0 bridgehead atoms. The van der Waals surface area contributed by atoms with Gasteiger partial charge in [0.05, 0.1) is 4.92 Å². The number of benzene rings is 2. The third-order valence-electron chi connectivity index (χ3n) is 3.57. The molecule has 24 heavy (non-hydrogen) atoms. The number of carbonyl (C=O) groups excluding carboxylic acids is 1. The Morgan fingerprint density at radius 1 is 1.04 bits per heavy atom. The van der Waals surface area contributed by atoms with Crippen LogP contribution in [0.25, 0.3) is 0 Å². The molecule has 0 heterocycles. The zero-order valence-corrected chi connectivity index (χ0v) is 13.9. The van der Waals surface area contributed by atoms with Crippen LogP contribution >= 0.6 is 0 Å². The Kier molecular flexibility index (Phi) is 5.52. The van der Waals surface area contributed by atoms with Gasteiger partial charge in [-0.25, -0.2) is 0 Å². The molecule has 6 nitrogen and oxygen atoms in total. The Morgan fingerprint density at radius 2 is 1.62 bits per heavy atom. The van der Waals surface area contributed by atoms with Crippen molar-refractivity contribution in [2.45, 2.75) is 32.8 Å². The molecule has 1 N–H and O–H groups in total. The molecule has 0 aliphatic carbocycles. The van der Waals surface area contributed by atoms with Crippen molar-refractivity contribution in [3.8, 4) is 5.75 Å². The molecule has 0 radical (unpaired) electrons. The van der Waals surface area contributed by atoms with Crippen molar-refractivity contribution in [3.05, 3.63) is 64.2 Å². The SMILES string of the molecule is CC(C)c1ccc(NC(=O)[C@H](C)Oc2ccc([N+](=O)[O-])cc2)cc1. The fraction of sp³-hybridized carbons (Fsp3) is 0.278. The molecule has 1 amide bonds. The van der Waals surface area contributed by atoms with Crippen molar-refractivity contribution in [2.75, 3.05) is 5.32 Å². The van der Waals surface area contributed by atoms with Crippen LogP contribution in [0.3, 0.4) is 0 Å². The van der Waals surface area contributed by atoms with E-state index in [1.54, 1.807) is 6.92 Å². The Bertz CT molecular complexity index is 709. The molecule has 126 valence electrons. The maximum absolute atomic E-state index is 12.2. The number of nitrogens with one attached hydrogen (secondary N) is 1. The van der Waals surface area contributed by atoms with Crippen molar-refractivity contribution in [1.29, 1.82) is 0 Å². The van der Waals surface area contributed by atoms with Crippen molar-refractivity contribution in [3.63, 3.8) is 0 Å². The number of ether oxygens (including phenoxy) is 1. The van der Waals surface area contributed by atoms with Crippen LogP contribution in [0.15, 0.2) is 48.5 Å². The first kappa shape index (κ1) is 17.5. The second kappa shape index (κ2) is 7.59. The quantitative estimate of drug-likeness (QED) is 0.638. The molecular formula is C18H20N2O4. The largest absolute Gasteiger partial charge is 0.481 e. The highest BCUT2D eigenvalue weighted by Gasteiger charge is 2.15. The zero-order chi connectivity index (χ0) is 17.7. The van der Waals surface area contributed by atoms with Crippen molar-refractivity contribution in [1.82, 2.24) is 0 Å². The summed E-state index contributed by atoms with van der Waals surface area (Å²) in [6.07, 6.45) is -0.726. The van der Waals surface area contributed by atoms with Gasteiger partial charge < -0.3 is 10.1 Å². The minimum absolute atomic E-state index is 0.0234. The summed E-state index contributed by atoms with van der Waals surface area (Å²) in [7, 11) is 0. The molecule has 2 aromatic carbocycles. The average molecular weight is 328 g/mol. The fourth-order valence-corrected chi connectivity index (χ4v) is 2.10. The maximum Gasteiger partial charge on any atom is 0.269 e. The molecule has 0 aromatic heterocycles. The van der Waals surface area contributed by atoms with E-state index in [2.05, 4.69) is 19.2 Å². The monoisotopic (exact) mass is 328 g/mol. The lowest BCUT2D eigenvalue weighted by molar-refractivity contribution is -0.384. The number of nitrogens with zero attached hydrogens (tertiary/aromatic N) is 1. The molecule has 0 saturated carbocycles. The van der Waals surface area contributed by atoms with E-state index in [4.69, 9.17) is 4.74 Å². The molecule has 0 fully saturated rings. The normalized spacial score (nSPS) is 11.8. The van der Waals surface area contributed by atoms with Gasteiger partial charge in [0.2, 0.25) is 0 Å². The van der Waals surface area contributed by atoms with Crippen LogP contribution in [0.1, 0.15) is 32.3 Å². The number of carbonyl (C=O) groups is 1.